The zero-order valence-corrected chi connectivity index (χ0v) is 11.2. The van der Waals surface area contributed by atoms with Gasteiger partial charge in [-0.05, 0) is 55.1 Å². The zero-order chi connectivity index (χ0) is 12.5. The number of nitrogens with one attached hydrogen (secondary N) is 1. The standard InChI is InChI=1S/C14H20ClN3/c15-14-4-3-11(8-17-14)13(18-16)7-12-6-9-1-2-10(12)5-9/h3-4,8-10,12-13,18H,1-2,5-7,16H2. The molecule has 0 aliphatic heterocycles. The van der Waals surface area contributed by atoms with Gasteiger partial charge in [0.2, 0.25) is 0 Å². The first kappa shape index (κ1) is 12.4. The number of nitrogens with two attached hydrogens (primary N) is 1. The predicted octanol–water partition coefficient (Wildman–Crippen LogP) is 3.07. The number of fused-ring (bicyclic) bond motifs is 2. The van der Waals surface area contributed by atoms with Crippen LogP contribution in [-0.4, -0.2) is 4.98 Å². The Morgan fingerprint density at radius 2 is 2.28 bits per heavy atom. The molecule has 4 heteroatoms. The molecule has 1 aromatic heterocycles. The maximum atomic E-state index is 5.82. The Labute approximate surface area is 113 Å². The van der Waals surface area contributed by atoms with Gasteiger partial charge in [-0.15, -0.1) is 0 Å². The summed E-state index contributed by atoms with van der Waals surface area (Å²) in [6.07, 6.45) is 8.67. The number of pyridine rings is 1. The lowest BCUT2D eigenvalue weighted by Gasteiger charge is -2.26. The van der Waals surface area contributed by atoms with Crippen molar-refractivity contribution in [1.29, 1.82) is 0 Å². The number of nitrogens with zero attached hydrogens (tertiary/aromatic N) is 1. The minimum Gasteiger partial charge on any atom is -0.271 e. The van der Waals surface area contributed by atoms with Crippen LogP contribution >= 0.6 is 11.6 Å². The average molecular weight is 266 g/mol. The van der Waals surface area contributed by atoms with Crippen LogP contribution in [0.25, 0.3) is 0 Å². The highest BCUT2D eigenvalue weighted by Gasteiger charge is 2.40. The van der Waals surface area contributed by atoms with Gasteiger partial charge in [-0.25, -0.2) is 4.98 Å². The van der Waals surface area contributed by atoms with E-state index >= 15 is 0 Å². The molecule has 1 aromatic rings. The molecular weight excluding hydrogens is 246 g/mol. The van der Waals surface area contributed by atoms with Crippen LogP contribution in [-0.2, 0) is 0 Å². The summed E-state index contributed by atoms with van der Waals surface area (Å²) < 4.78 is 0. The van der Waals surface area contributed by atoms with Crippen molar-refractivity contribution in [3.05, 3.63) is 29.0 Å². The molecule has 2 fully saturated rings. The van der Waals surface area contributed by atoms with Gasteiger partial charge >= 0.3 is 0 Å². The van der Waals surface area contributed by atoms with Gasteiger partial charge in [0.15, 0.2) is 0 Å². The summed E-state index contributed by atoms with van der Waals surface area (Å²) in [5.74, 6) is 8.47. The van der Waals surface area contributed by atoms with Crippen LogP contribution in [0.15, 0.2) is 18.3 Å². The monoisotopic (exact) mass is 265 g/mol. The summed E-state index contributed by atoms with van der Waals surface area (Å²) in [4.78, 5) is 4.14. The molecule has 2 saturated carbocycles. The number of halogens is 1. The van der Waals surface area contributed by atoms with Crippen molar-refractivity contribution in [3.8, 4) is 0 Å². The first-order valence-electron chi connectivity index (χ1n) is 6.84. The highest BCUT2D eigenvalue weighted by Crippen LogP contribution is 2.50. The molecule has 0 radical (unpaired) electrons. The third-order valence-corrected chi connectivity index (χ3v) is 5.00. The summed E-state index contributed by atoms with van der Waals surface area (Å²) in [5.41, 5.74) is 4.08. The van der Waals surface area contributed by atoms with Crippen molar-refractivity contribution in [2.45, 2.75) is 38.1 Å². The van der Waals surface area contributed by atoms with E-state index < -0.39 is 0 Å². The topological polar surface area (TPSA) is 50.9 Å². The van der Waals surface area contributed by atoms with Gasteiger partial charge in [-0.1, -0.05) is 24.1 Å². The lowest BCUT2D eigenvalue weighted by molar-refractivity contribution is 0.280. The number of hydrogen-bond acceptors (Lipinski definition) is 3. The van der Waals surface area contributed by atoms with Crippen molar-refractivity contribution in [3.63, 3.8) is 0 Å². The smallest absolute Gasteiger partial charge is 0.129 e. The molecule has 4 atom stereocenters. The Bertz CT molecular complexity index is 406. The second-order valence-corrected chi connectivity index (χ2v) is 6.19. The first-order valence-corrected chi connectivity index (χ1v) is 7.21. The van der Waals surface area contributed by atoms with Crippen LogP contribution < -0.4 is 11.3 Å². The van der Waals surface area contributed by atoms with E-state index in [1.807, 2.05) is 18.3 Å². The van der Waals surface area contributed by atoms with Crippen molar-refractivity contribution in [2.75, 3.05) is 0 Å². The summed E-state index contributed by atoms with van der Waals surface area (Å²) in [6.45, 7) is 0. The van der Waals surface area contributed by atoms with E-state index in [1.165, 1.54) is 25.7 Å². The fourth-order valence-corrected chi connectivity index (χ4v) is 3.97. The Balaban J connectivity index is 1.67. The van der Waals surface area contributed by atoms with Gasteiger partial charge in [0.25, 0.3) is 0 Å². The summed E-state index contributed by atoms with van der Waals surface area (Å²) in [6, 6.07) is 4.06. The van der Waals surface area contributed by atoms with Crippen LogP contribution in [0, 0.1) is 17.8 Å². The molecule has 0 saturated heterocycles. The van der Waals surface area contributed by atoms with Gasteiger partial charge in [0, 0.05) is 12.2 Å². The molecule has 3 nitrogen and oxygen atoms in total. The third-order valence-electron chi connectivity index (χ3n) is 4.78. The number of hydrazine groups is 1. The predicted molar refractivity (Wildman–Crippen MR) is 72.9 cm³/mol. The maximum absolute atomic E-state index is 5.82. The van der Waals surface area contributed by atoms with Crippen molar-refractivity contribution >= 4 is 11.6 Å². The van der Waals surface area contributed by atoms with Gasteiger partial charge in [0.1, 0.15) is 5.15 Å². The van der Waals surface area contributed by atoms with E-state index in [0.29, 0.717) is 5.15 Å². The van der Waals surface area contributed by atoms with Crippen molar-refractivity contribution in [1.82, 2.24) is 10.4 Å². The normalized spacial score (nSPS) is 31.8. The minimum absolute atomic E-state index is 0.208. The van der Waals surface area contributed by atoms with Crippen molar-refractivity contribution < 1.29 is 0 Å². The fraction of sp³-hybridized carbons (Fsp3) is 0.643. The van der Waals surface area contributed by atoms with E-state index in [9.17, 15) is 0 Å². The second-order valence-electron chi connectivity index (χ2n) is 5.80. The number of rotatable bonds is 4. The van der Waals surface area contributed by atoms with E-state index in [0.717, 1.165) is 29.7 Å². The lowest BCUT2D eigenvalue weighted by Crippen LogP contribution is -2.30. The van der Waals surface area contributed by atoms with Crippen molar-refractivity contribution in [2.24, 2.45) is 23.6 Å². The highest BCUT2D eigenvalue weighted by molar-refractivity contribution is 6.29. The van der Waals surface area contributed by atoms with Gasteiger partial charge in [-0.3, -0.25) is 11.3 Å². The first-order chi connectivity index (χ1) is 8.76. The summed E-state index contributed by atoms with van der Waals surface area (Å²) >= 11 is 5.82. The van der Waals surface area contributed by atoms with Crippen LogP contribution in [0.3, 0.4) is 0 Å². The van der Waals surface area contributed by atoms with Crippen LogP contribution in [0.1, 0.15) is 43.7 Å². The minimum atomic E-state index is 0.208. The van der Waals surface area contributed by atoms with E-state index in [4.69, 9.17) is 17.4 Å². The Morgan fingerprint density at radius 3 is 2.83 bits per heavy atom. The fourth-order valence-electron chi connectivity index (χ4n) is 3.86. The molecule has 1 heterocycles. The van der Waals surface area contributed by atoms with Crippen LogP contribution in [0.4, 0.5) is 0 Å². The summed E-state index contributed by atoms with van der Waals surface area (Å²) in [7, 11) is 0. The molecule has 2 aliphatic carbocycles. The molecule has 0 spiro atoms. The Kier molecular flexibility index (Phi) is 3.55. The Hall–Kier alpha value is -0.640. The number of aromatic nitrogens is 1. The molecular formula is C14H20ClN3. The number of hydrogen-bond donors (Lipinski definition) is 2. The molecule has 18 heavy (non-hydrogen) atoms. The quantitative estimate of drug-likeness (QED) is 0.500. The molecule has 3 rings (SSSR count). The van der Waals surface area contributed by atoms with Gasteiger partial charge in [-0.2, -0.15) is 0 Å². The lowest BCUT2D eigenvalue weighted by atomic mass is 9.83. The van der Waals surface area contributed by atoms with Gasteiger partial charge < -0.3 is 0 Å². The highest BCUT2D eigenvalue weighted by atomic mass is 35.5. The van der Waals surface area contributed by atoms with Gasteiger partial charge in [0.05, 0.1) is 0 Å². The molecule has 2 bridgehead atoms. The summed E-state index contributed by atoms with van der Waals surface area (Å²) in [5, 5.41) is 0.537. The van der Waals surface area contributed by atoms with Crippen LogP contribution in [0.2, 0.25) is 5.15 Å². The molecule has 2 aliphatic rings. The largest absolute Gasteiger partial charge is 0.271 e. The molecule has 0 amide bonds. The third kappa shape index (κ3) is 2.40. The Morgan fingerprint density at radius 1 is 1.39 bits per heavy atom. The van der Waals surface area contributed by atoms with Crippen LogP contribution in [0.5, 0.6) is 0 Å². The zero-order valence-electron chi connectivity index (χ0n) is 10.5. The maximum Gasteiger partial charge on any atom is 0.129 e. The molecule has 4 unspecified atom stereocenters. The molecule has 0 aromatic carbocycles. The van der Waals surface area contributed by atoms with E-state index in [2.05, 4.69) is 10.4 Å². The van der Waals surface area contributed by atoms with E-state index in [-0.39, 0.29) is 6.04 Å². The second kappa shape index (κ2) is 5.16. The molecule has 3 N–H and O–H groups in total. The molecule has 98 valence electrons. The SMILES string of the molecule is NNC(CC1CC2CCC1C2)c1ccc(Cl)nc1. The average Bonchev–Trinajstić information content (AvgIpc) is 2.99. The van der Waals surface area contributed by atoms with E-state index in [1.54, 1.807) is 0 Å².